The molecule has 3 aromatic heterocycles. The summed E-state index contributed by atoms with van der Waals surface area (Å²) in [7, 11) is 1.50. The number of fused-ring (bicyclic) bond motifs is 2. The summed E-state index contributed by atoms with van der Waals surface area (Å²) in [6.45, 7) is 2.32. The lowest BCUT2D eigenvalue weighted by Crippen LogP contribution is -2.39. The van der Waals surface area contributed by atoms with Crippen LogP contribution in [0.1, 0.15) is 23.7 Å². The van der Waals surface area contributed by atoms with Gasteiger partial charge in [0.25, 0.3) is 0 Å². The first-order valence-electron chi connectivity index (χ1n) is 12.6. The van der Waals surface area contributed by atoms with E-state index in [-0.39, 0.29) is 35.8 Å². The Hall–Kier alpha value is -4.38. The van der Waals surface area contributed by atoms with Crippen molar-refractivity contribution in [3.8, 4) is 17.4 Å². The number of hydrogen-bond acceptors (Lipinski definition) is 8. The van der Waals surface area contributed by atoms with Gasteiger partial charge in [-0.3, -0.25) is 4.79 Å². The van der Waals surface area contributed by atoms with E-state index in [9.17, 15) is 14.7 Å². The number of nitrogens with zero attached hydrogens (tertiary/aromatic N) is 4. The molecule has 10 nitrogen and oxygen atoms in total. The first-order valence-corrected chi connectivity index (χ1v) is 13.0. The zero-order valence-electron chi connectivity index (χ0n) is 21.5. The standard InChI is InChI=1S/C28H25ClFN5O5/c1-13-16-7-15(12-40-27-19(29)3-4-24(33-27)39-2)35(25(13)16)22-10-21-17(9-20(22)30)26(36)18(28(37)38)11-34(21)14-5-6-32-23(31)8-14/h3-6,8-11,13,15-16,25H,7,12H2,1-2H3,(H2,31,32)(H,37,38). The fraction of sp³-hybridized carbons (Fsp3) is 0.286. The van der Waals surface area contributed by atoms with Gasteiger partial charge in [0.05, 0.1) is 30.0 Å². The molecule has 4 aromatic rings. The fourth-order valence-corrected chi connectivity index (χ4v) is 5.95. The molecule has 4 unspecified atom stereocenters. The van der Waals surface area contributed by atoms with Crippen molar-refractivity contribution in [3.63, 3.8) is 0 Å². The number of piperidine rings is 1. The molecule has 1 saturated carbocycles. The Morgan fingerprint density at radius 1 is 1.27 bits per heavy atom. The van der Waals surface area contributed by atoms with E-state index >= 15 is 4.39 Å². The smallest absolute Gasteiger partial charge is 0.341 e. The molecule has 4 atom stereocenters. The molecule has 1 aliphatic heterocycles. The van der Waals surface area contributed by atoms with E-state index < -0.39 is 22.8 Å². The number of hydrogen-bond donors (Lipinski definition) is 2. The summed E-state index contributed by atoms with van der Waals surface area (Å²) in [6.07, 6.45) is 3.48. The van der Waals surface area contributed by atoms with Crippen LogP contribution in [-0.2, 0) is 0 Å². The summed E-state index contributed by atoms with van der Waals surface area (Å²) in [6, 6.07) is 9.03. The zero-order chi connectivity index (χ0) is 28.3. The van der Waals surface area contributed by atoms with Crippen molar-refractivity contribution in [1.29, 1.82) is 0 Å². The maximum Gasteiger partial charge on any atom is 0.341 e. The van der Waals surface area contributed by atoms with E-state index in [0.717, 1.165) is 12.5 Å². The molecule has 0 spiro atoms. The highest BCUT2D eigenvalue weighted by Gasteiger charge is 2.59. The van der Waals surface area contributed by atoms with Crippen LogP contribution in [0.4, 0.5) is 15.9 Å². The number of carboxylic acid groups (broad SMARTS) is 1. The molecule has 1 aromatic carbocycles. The molecule has 3 N–H and O–H groups in total. The molecular weight excluding hydrogens is 541 g/mol. The van der Waals surface area contributed by atoms with Gasteiger partial charge in [-0.15, -0.1) is 0 Å². The number of pyridine rings is 3. The molecule has 0 radical (unpaired) electrons. The number of methoxy groups -OCH3 is 1. The first kappa shape index (κ1) is 25.9. The second kappa shape index (κ2) is 9.67. The average molecular weight is 566 g/mol. The number of nitrogens with two attached hydrogens (primary N) is 1. The highest BCUT2D eigenvalue weighted by molar-refractivity contribution is 6.31. The lowest BCUT2D eigenvalue weighted by molar-refractivity contribution is 0.0695. The Morgan fingerprint density at radius 2 is 2.08 bits per heavy atom. The summed E-state index contributed by atoms with van der Waals surface area (Å²) in [5.74, 6) is -0.553. The maximum absolute atomic E-state index is 15.8. The van der Waals surface area contributed by atoms with Crippen molar-refractivity contribution < 1.29 is 23.8 Å². The van der Waals surface area contributed by atoms with Crippen LogP contribution in [-0.4, -0.2) is 51.4 Å². The Labute approximate surface area is 232 Å². The minimum absolute atomic E-state index is 0.0590. The third-order valence-corrected chi connectivity index (χ3v) is 8.09. The van der Waals surface area contributed by atoms with Crippen molar-refractivity contribution in [2.75, 3.05) is 24.4 Å². The number of nitrogen functional groups attached to an aromatic ring is 1. The van der Waals surface area contributed by atoms with Crippen molar-refractivity contribution in [2.24, 2.45) is 11.8 Å². The van der Waals surface area contributed by atoms with Gasteiger partial charge in [-0.1, -0.05) is 18.5 Å². The molecular formula is C28H25ClFN5O5. The Morgan fingerprint density at radius 3 is 2.80 bits per heavy atom. The number of rotatable bonds is 7. The van der Waals surface area contributed by atoms with Gasteiger partial charge in [0.15, 0.2) is 0 Å². The van der Waals surface area contributed by atoms with Crippen molar-refractivity contribution >= 4 is 40.0 Å². The number of aromatic carboxylic acids is 1. The number of ether oxygens (including phenoxy) is 2. The lowest BCUT2D eigenvalue weighted by atomic mass is 10.1. The fourth-order valence-electron chi connectivity index (χ4n) is 5.79. The summed E-state index contributed by atoms with van der Waals surface area (Å²) in [5.41, 5.74) is 5.74. The van der Waals surface area contributed by atoms with Crippen LogP contribution in [0.15, 0.2) is 53.6 Å². The van der Waals surface area contributed by atoms with Gasteiger partial charge in [-0.2, -0.15) is 4.98 Å². The van der Waals surface area contributed by atoms with E-state index in [2.05, 4.69) is 16.9 Å². The van der Waals surface area contributed by atoms with Crippen LogP contribution in [0, 0.1) is 17.7 Å². The van der Waals surface area contributed by atoms with Crippen molar-refractivity contribution in [2.45, 2.75) is 25.4 Å². The maximum atomic E-state index is 15.8. The molecule has 206 valence electrons. The van der Waals surface area contributed by atoms with Gasteiger partial charge in [0, 0.05) is 36.0 Å². The number of anilines is 2. The van der Waals surface area contributed by atoms with Gasteiger partial charge < -0.3 is 29.8 Å². The highest BCUT2D eigenvalue weighted by Crippen LogP contribution is 2.55. The number of halogens is 2. The van der Waals surface area contributed by atoms with Crippen LogP contribution in [0.2, 0.25) is 5.02 Å². The highest BCUT2D eigenvalue weighted by atomic mass is 35.5. The second-order valence-corrected chi connectivity index (χ2v) is 10.5. The Bertz CT molecular complexity index is 1730. The molecule has 1 aliphatic carbocycles. The molecule has 2 aliphatic rings. The van der Waals surface area contributed by atoms with Crippen LogP contribution in [0.25, 0.3) is 16.6 Å². The summed E-state index contributed by atoms with van der Waals surface area (Å²) < 4.78 is 28.5. The summed E-state index contributed by atoms with van der Waals surface area (Å²) in [4.78, 5) is 35.2. The number of benzene rings is 1. The lowest BCUT2D eigenvalue weighted by Gasteiger charge is -2.31. The monoisotopic (exact) mass is 565 g/mol. The van der Waals surface area contributed by atoms with Gasteiger partial charge in [-0.25, -0.2) is 14.2 Å². The number of carbonyl (C=O) groups is 1. The molecule has 1 saturated heterocycles. The molecule has 40 heavy (non-hydrogen) atoms. The summed E-state index contributed by atoms with van der Waals surface area (Å²) >= 11 is 6.28. The second-order valence-electron chi connectivity index (χ2n) is 10.1. The van der Waals surface area contributed by atoms with Crippen LogP contribution in [0.3, 0.4) is 0 Å². The Kier molecular flexibility index (Phi) is 6.25. The SMILES string of the molecule is COc1ccc(Cl)c(OCC2CC3C(C)C3N2c2cc3c(cc2F)c(=O)c(C(=O)O)cn3-c2ccnc(N)c2)n1. The van der Waals surface area contributed by atoms with Crippen molar-refractivity contribution in [3.05, 3.63) is 75.4 Å². The molecule has 0 amide bonds. The van der Waals surface area contributed by atoms with Gasteiger partial charge >= 0.3 is 5.97 Å². The van der Waals surface area contributed by atoms with Crippen molar-refractivity contribution in [1.82, 2.24) is 14.5 Å². The van der Waals surface area contributed by atoms with E-state index in [1.165, 1.54) is 24.1 Å². The zero-order valence-corrected chi connectivity index (χ0v) is 22.3. The summed E-state index contributed by atoms with van der Waals surface area (Å²) in [5, 5.41) is 9.94. The average Bonchev–Trinajstić information content (AvgIpc) is 3.37. The van der Waals surface area contributed by atoms with E-state index in [0.29, 0.717) is 39.6 Å². The topological polar surface area (TPSA) is 133 Å². The largest absolute Gasteiger partial charge is 0.481 e. The normalized spacial score (nSPS) is 21.4. The predicted molar refractivity (Wildman–Crippen MR) is 147 cm³/mol. The molecule has 0 bridgehead atoms. The molecule has 4 heterocycles. The van der Waals surface area contributed by atoms with Crippen LogP contribution in [0.5, 0.6) is 11.8 Å². The molecule has 12 heteroatoms. The van der Waals surface area contributed by atoms with Gasteiger partial charge in [0.2, 0.25) is 17.2 Å². The number of carboxylic acids is 1. The minimum Gasteiger partial charge on any atom is -0.481 e. The quantitative estimate of drug-likeness (QED) is 0.339. The first-order chi connectivity index (χ1) is 19.2. The van der Waals surface area contributed by atoms with Crippen LogP contribution >= 0.6 is 11.6 Å². The van der Waals surface area contributed by atoms with Gasteiger partial charge in [0.1, 0.15) is 28.8 Å². The third-order valence-electron chi connectivity index (χ3n) is 7.80. The van der Waals surface area contributed by atoms with E-state index in [1.807, 2.05) is 4.90 Å². The van der Waals surface area contributed by atoms with E-state index in [4.69, 9.17) is 26.8 Å². The minimum atomic E-state index is -1.41. The van der Waals surface area contributed by atoms with Gasteiger partial charge in [-0.05, 0) is 42.5 Å². The molecule has 6 rings (SSSR count). The Balaban J connectivity index is 1.45. The third kappa shape index (κ3) is 4.26. The molecule has 2 fully saturated rings. The number of aromatic nitrogens is 3. The van der Waals surface area contributed by atoms with Crippen LogP contribution < -0.4 is 25.5 Å². The predicted octanol–water partition coefficient (Wildman–Crippen LogP) is 4.15. The van der Waals surface area contributed by atoms with E-state index in [1.54, 1.807) is 30.3 Å².